The SMILES string of the molecule is CCCCCCCCCCCCCCCCCC.O=PO. The summed E-state index contributed by atoms with van der Waals surface area (Å²) in [6.45, 7) is 4.59. The van der Waals surface area contributed by atoms with Crippen molar-refractivity contribution in [1.29, 1.82) is 0 Å². The second-order valence-electron chi connectivity index (χ2n) is 6.03. The van der Waals surface area contributed by atoms with Gasteiger partial charge in [-0.3, -0.25) is 0 Å². The van der Waals surface area contributed by atoms with Gasteiger partial charge in [0, 0.05) is 0 Å². The Morgan fingerprint density at radius 3 is 0.810 bits per heavy atom. The Morgan fingerprint density at radius 2 is 0.667 bits per heavy atom. The van der Waals surface area contributed by atoms with Crippen LogP contribution in [0.15, 0.2) is 0 Å². The molecule has 0 aromatic carbocycles. The zero-order valence-corrected chi connectivity index (χ0v) is 15.5. The van der Waals surface area contributed by atoms with E-state index in [4.69, 9.17) is 9.46 Å². The zero-order valence-electron chi connectivity index (χ0n) is 14.6. The molecule has 1 N–H and O–H groups in total. The molecule has 0 amide bonds. The molecule has 0 aromatic rings. The van der Waals surface area contributed by atoms with E-state index in [2.05, 4.69) is 13.8 Å². The van der Waals surface area contributed by atoms with Crippen molar-refractivity contribution in [3.63, 3.8) is 0 Å². The summed E-state index contributed by atoms with van der Waals surface area (Å²) >= 11 is 0. The molecule has 0 saturated carbocycles. The van der Waals surface area contributed by atoms with Crippen molar-refractivity contribution in [2.45, 2.75) is 117 Å². The van der Waals surface area contributed by atoms with E-state index < -0.39 is 8.69 Å². The van der Waals surface area contributed by atoms with E-state index in [1.165, 1.54) is 103 Å². The van der Waals surface area contributed by atoms with Crippen molar-refractivity contribution in [2.24, 2.45) is 0 Å². The van der Waals surface area contributed by atoms with Gasteiger partial charge in [0.2, 0.25) is 0 Å². The molecule has 21 heavy (non-hydrogen) atoms. The first-order chi connectivity index (χ1) is 10.3. The van der Waals surface area contributed by atoms with Crippen LogP contribution in [-0.2, 0) is 4.57 Å². The van der Waals surface area contributed by atoms with Crippen LogP contribution in [0.25, 0.3) is 0 Å². The highest BCUT2D eigenvalue weighted by molar-refractivity contribution is 7.16. The van der Waals surface area contributed by atoms with Crippen molar-refractivity contribution in [2.75, 3.05) is 0 Å². The summed E-state index contributed by atoms with van der Waals surface area (Å²) in [6, 6.07) is 0. The molecule has 128 valence electrons. The summed E-state index contributed by atoms with van der Waals surface area (Å²) in [5, 5.41) is 0. The van der Waals surface area contributed by atoms with Crippen LogP contribution in [0.4, 0.5) is 0 Å². The quantitative estimate of drug-likeness (QED) is 0.251. The number of hydrogen-bond acceptors (Lipinski definition) is 1. The molecule has 0 saturated heterocycles. The molecule has 0 atom stereocenters. The van der Waals surface area contributed by atoms with Gasteiger partial charge in [-0.05, 0) is 0 Å². The van der Waals surface area contributed by atoms with Crippen molar-refractivity contribution >= 4 is 8.69 Å². The van der Waals surface area contributed by atoms with Gasteiger partial charge in [-0.15, -0.1) is 0 Å². The molecule has 0 fully saturated rings. The summed E-state index contributed by atoms with van der Waals surface area (Å²) in [6.07, 6.45) is 23.4. The molecule has 2 nitrogen and oxygen atoms in total. The smallest absolute Gasteiger partial charge is 0.310 e. The maximum atomic E-state index is 8.46. The Labute approximate surface area is 135 Å². The molecule has 0 unspecified atom stereocenters. The molecule has 0 radical (unpaired) electrons. The topological polar surface area (TPSA) is 37.3 Å². The van der Waals surface area contributed by atoms with E-state index in [1.54, 1.807) is 0 Å². The number of unbranched alkanes of at least 4 members (excludes halogenated alkanes) is 15. The molecular weight excluding hydrogens is 279 g/mol. The molecule has 0 aliphatic rings. The first-order valence-electron chi connectivity index (χ1n) is 9.30. The van der Waals surface area contributed by atoms with Gasteiger partial charge in [0.15, 0.2) is 0 Å². The monoisotopic (exact) mass is 318 g/mol. The van der Waals surface area contributed by atoms with E-state index in [9.17, 15) is 0 Å². The normalized spacial score (nSPS) is 10.4. The lowest BCUT2D eigenvalue weighted by Gasteiger charge is -2.03. The van der Waals surface area contributed by atoms with Gasteiger partial charge in [-0.1, -0.05) is 117 Å². The van der Waals surface area contributed by atoms with Gasteiger partial charge < -0.3 is 4.89 Å². The second kappa shape index (κ2) is 25.0. The highest BCUT2D eigenvalue weighted by atomic mass is 31.1. The minimum Gasteiger partial charge on any atom is -0.310 e. The van der Waals surface area contributed by atoms with E-state index in [-0.39, 0.29) is 0 Å². The highest BCUT2D eigenvalue weighted by Gasteiger charge is 1.93. The van der Waals surface area contributed by atoms with Gasteiger partial charge in [0.05, 0.1) is 0 Å². The lowest BCUT2D eigenvalue weighted by molar-refractivity contribution is 0.524. The van der Waals surface area contributed by atoms with Crippen LogP contribution in [-0.4, -0.2) is 4.89 Å². The lowest BCUT2D eigenvalue weighted by Crippen LogP contribution is -1.83. The van der Waals surface area contributed by atoms with Crippen LogP contribution < -0.4 is 0 Å². The third-order valence-corrected chi connectivity index (χ3v) is 3.96. The lowest BCUT2D eigenvalue weighted by atomic mass is 10.0. The molecule has 0 bridgehead atoms. The fraction of sp³-hybridized carbons (Fsp3) is 1.00. The molecule has 0 aliphatic carbocycles. The van der Waals surface area contributed by atoms with E-state index in [0.29, 0.717) is 0 Å². The first-order valence-corrected chi connectivity index (χ1v) is 10.1. The zero-order chi connectivity index (χ0) is 16.0. The highest BCUT2D eigenvalue weighted by Crippen LogP contribution is 2.13. The van der Waals surface area contributed by atoms with Gasteiger partial charge in [0.1, 0.15) is 0 Å². The molecular formula is C18H39O2P. The minimum absolute atomic E-state index is 0.833. The molecule has 0 rings (SSSR count). The average Bonchev–Trinajstić information content (AvgIpc) is 2.48. The van der Waals surface area contributed by atoms with Crippen LogP contribution in [0, 0.1) is 0 Å². The van der Waals surface area contributed by atoms with Gasteiger partial charge in [0.25, 0.3) is 0 Å². The van der Waals surface area contributed by atoms with Crippen LogP contribution in [0.5, 0.6) is 0 Å². The van der Waals surface area contributed by atoms with Crippen LogP contribution in [0.3, 0.4) is 0 Å². The van der Waals surface area contributed by atoms with E-state index in [0.717, 1.165) is 0 Å². The first kappa shape index (κ1) is 23.3. The maximum absolute atomic E-state index is 8.46. The maximum Gasteiger partial charge on any atom is 0.324 e. The fourth-order valence-corrected chi connectivity index (χ4v) is 2.62. The van der Waals surface area contributed by atoms with Crippen LogP contribution in [0.1, 0.15) is 117 Å². The average molecular weight is 318 g/mol. The fourth-order valence-electron chi connectivity index (χ4n) is 2.62. The predicted octanol–water partition coefficient (Wildman–Crippen LogP) is 7.45. The van der Waals surface area contributed by atoms with Crippen molar-refractivity contribution < 1.29 is 9.46 Å². The molecule has 3 heteroatoms. The van der Waals surface area contributed by atoms with Crippen molar-refractivity contribution in [3.05, 3.63) is 0 Å². The Kier molecular flexibility index (Phi) is 27.8. The van der Waals surface area contributed by atoms with Gasteiger partial charge in [-0.25, -0.2) is 4.57 Å². The summed E-state index contributed by atoms with van der Waals surface area (Å²) in [5.74, 6) is 0. The Hall–Kier alpha value is 0.0600. The van der Waals surface area contributed by atoms with Gasteiger partial charge in [-0.2, -0.15) is 0 Å². The Balaban J connectivity index is 0. The second-order valence-corrected chi connectivity index (χ2v) is 6.19. The van der Waals surface area contributed by atoms with E-state index in [1.807, 2.05) is 0 Å². The molecule has 0 aromatic heterocycles. The summed E-state index contributed by atoms with van der Waals surface area (Å²) in [4.78, 5) is 6.99. The summed E-state index contributed by atoms with van der Waals surface area (Å²) in [5.41, 5.74) is 0. The molecule has 0 spiro atoms. The number of rotatable bonds is 15. The number of hydrogen-bond donors (Lipinski definition) is 1. The molecule has 0 aliphatic heterocycles. The Bertz CT molecular complexity index is 159. The van der Waals surface area contributed by atoms with Crippen LogP contribution >= 0.6 is 8.69 Å². The van der Waals surface area contributed by atoms with Gasteiger partial charge >= 0.3 is 8.69 Å². The van der Waals surface area contributed by atoms with Crippen LogP contribution in [0.2, 0.25) is 0 Å². The van der Waals surface area contributed by atoms with Crippen molar-refractivity contribution in [3.8, 4) is 0 Å². The predicted molar refractivity (Wildman–Crippen MR) is 95.0 cm³/mol. The summed E-state index contributed by atoms with van der Waals surface area (Å²) in [7, 11) is -0.833. The third-order valence-electron chi connectivity index (χ3n) is 3.96. The summed E-state index contributed by atoms with van der Waals surface area (Å²) < 4.78 is 8.46. The molecule has 0 heterocycles. The Morgan fingerprint density at radius 1 is 0.524 bits per heavy atom. The largest absolute Gasteiger partial charge is 0.324 e. The third kappa shape index (κ3) is 28.8. The van der Waals surface area contributed by atoms with Crippen molar-refractivity contribution in [1.82, 2.24) is 0 Å². The standard InChI is InChI=1S/C18H38.HO2P/c1-3-5-7-9-11-13-15-17-18-16-14-12-10-8-6-4-2;1-3-2/h3-18H2,1-2H3;(H,1,2). The minimum atomic E-state index is -0.833. The van der Waals surface area contributed by atoms with E-state index >= 15 is 0 Å².